The van der Waals surface area contributed by atoms with Gasteiger partial charge < -0.3 is 20.1 Å². The van der Waals surface area contributed by atoms with Crippen molar-refractivity contribution in [2.75, 3.05) is 19.0 Å². The van der Waals surface area contributed by atoms with Crippen molar-refractivity contribution in [3.05, 3.63) is 88.4 Å². The van der Waals surface area contributed by atoms with E-state index in [9.17, 15) is 14.4 Å². The van der Waals surface area contributed by atoms with Crippen molar-refractivity contribution >= 4 is 45.6 Å². The summed E-state index contributed by atoms with van der Waals surface area (Å²) in [7, 11) is 1.56. The standard InChI is InChI=1S/C25H23BrN4O5/c1-34-21-10-7-17(8-11-21)14-27-24(32)25(33)30-28-15-18-13-19(26)9-12-22(18)35-16-23(31)29-20-5-3-2-4-6-20/h2-13,15H,14,16H2,1H3,(H,27,32)(H,29,31)(H,30,33)/b28-15-. The Labute approximate surface area is 210 Å². The highest BCUT2D eigenvalue weighted by molar-refractivity contribution is 9.10. The molecule has 9 nitrogen and oxygen atoms in total. The molecule has 180 valence electrons. The summed E-state index contributed by atoms with van der Waals surface area (Å²) in [5, 5.41) is 9.08. The van der Waals surface area contributed by atoms with E-state index in [4.69, 9.17) is 9.47 Å². The molecule has 0 saturated carbocycles. The minimum absolute atomic E-state index is 0.175. The van der Waals surface area contributed by atoms with Crippen LogP contribution >= 0.6 is 15.9 Å². The van der Waals surface area contributed by atoms with E-state index in [0.29, 0.717) is 22.7 Å². The second-order valence-electron chi connectivity index (χ2n) is 7.11. The Bertz CT molecular complexity index is 1200. The van der Waals surface area contributed by atoms with Crippen LogP contribution in [-0.4, -0.2) is 37.7 Å². The van der Waals surface area contributed by atoms with Crippen LogP contribution in [0.2, 0.25) is 0 Å². The minimum atomic E-state index is -0.922. The quantitative estimate of drug-likeness (QED) is 0.219. The summed E-state index contributed by atoms with van der Waals surface area (Å²) in [6.07, 6.45) is 1.32. The van der Waals surface area contributed by atoms with Crippen LogP contribution in [0.15, 0.2) is 82.4 Å². The lowest BCUT2D eigenvalue weighted by Crippen LogP contribution is -2.37. The van der Waals surface area contributed by atoms with Gasteiger partial charge in [-0.3, -0.25) is 14.4 Å². The number of ether oxygens (including phenoxy) is 2. The highest BCUT2D eigenvalue weighted by Gasteiger charge is 2.12. The number of halogens is 1. The summed E-state index contributed by atoms with van der Waals surface area (Å²) in [4.78, 5) is 36.2. The maximum atomic E-state index is 12.2. The lowest BCUT2D eigenvalue weighted by atomic mass is 10.2. The highest BCUT2D eigenvalue weighted by atomic mass is 79.9. The number of hydrogen-bond donors (Lipinski definition) is 3. The highest BCUT2D eigenvalue weighted by Crippen LogP contribution is 2.22. The van der Waals surface area contributed by atoms with Crippen molar-refractivity contribution < 1.29 is 23.9 Å². The summed E-state index contributed by atoms with van der Waals surface area (Å²) in [6, 6.07) is 21.2. The van der Waals surface area contributed by atoms with Gasteiger partial charge in [0.15, 0.2) is 6.61 Å². The fourth-order valence-corrected chi connectivity index (χ4v) is 3.21. The average Bonchev–Trinajstić information content (AvgIpc) is 2.87. The second kappa shape index (κ2) is 12.9. The van der Waals surface area contributed by atoms with Gasteiger partial charge in [-0.2, -0.15) is 5.10 Å². The number of carbonyl (C=O) groups excluding carboxylic acids is 3. The van der Waals surface area contributed by atoms with Crippen LogP contribution in [0.3, 0.4) is 0 Å². The Kier molecular flexibility index (Phi) is 9.38. The smallest absolute Gasteiger partial charge is 0.329 e. The second-order valence-corrected chi connectivity index (χ2v) is 8.03. The predicted molar refractivity (Wildman–Crippen MR) is 135 cm³/mol. The molecule has 0 atom stereocenters. The monoisotopic (exact) mass is 538 g/mol. The molecule has 0 aliphatic rings. The van der Waals surface area contributed by atoms with Gasteiger partial charge >= 0.3 is 11.8 Å². The Morgan fingerprint density at radius 1 is 0.971 bits per heavy atom. The zero-order valence-electron chi connectivity index (χ0n) is 18.8. The van der Waals surface area contributed by atoms with Crippen LogP contribution < -0.4 is 25.5 Å². The van der Waals surface area contributed by atoms with Crippen molar-refractivity contribution in [3.63, 3.8) is 0 Å². The summed E-state index contributed by atoms with van der Waals surface area (Å²) < 4.78 is 11.4. The number of para-hydroxylation sites is 1. The third-order valence-corrected chi connectivity index (χ3v) is 5.07. The van der Waals surface area contributed by atoms with E-state index in [1.165, 1.54) is 6.21 Å². The topological polar surface area (TPSA) is 118 Å². The normalized spacial score (nSPS) is 10.5. The number of hydrogen-bond acceptors (Lipinski definition) is 6. The molecule has 0 heterocycles. The van der Waals surface area contributed by atoms with Crippen LogP contribution in [0.5, 0.6) is 11.5 Å². The third-order valence-electron chi connectivity index (χ3n) is 4.58. The van der Waals surface area contributed by atoms with Gasteiger partial charge in [-0.25, -0.2) is 5.43 Å². The molecule has 0 spiro atoms. The lowest BCUT2D eigenvalue weighted by Gasteiger charge is -2.10. The van der Waals surface area contributed by atoms with Crippen molar-refractivity contribution in [2.24, 2.45) is 5.10 Å². The minimum Gasteiger partial charge on any atom is -0.497 e. The fraction of sp³-hybridized carbons (Fsp3) is 0.120. The first-order chi connectivity index (χ1) is 16.9. The molecule has 3 N–H and O–H groups in total. The first-order valence-electron chi connectivity index (χ1n) is 10.5. The number of anilines is 1. The third kappa shape index (κ3) is 8.27. The lowest BCUT2D eigenvalue weighted by molar-refractivity contribution is -0.139. The van der Waals surface area contributed by atoms with E-state index in [2.05, 4.69) is 37.1 Å². The van der Waals surface area contributed by atoms with E-state index in [-0.39, 0.29) is 19.1 Å². The molecule has 0 saturated heterocycles. The Hall–Kier alpha value is -4.18. The summed E-state index contributed by atoms with van der Waals surface area (Å²) in [6.45, 7) is -0.0495. The molecule has 3 amide bonds. The SMILES string of the molecule is COc1ccc(CNC(=O)C(=O)N/N=C\c2cc(Br)ccc2OCC(=O)Nc2ccccc2)cc1. The Morgan fingerprint density at radius 3 is 2.43 bits per heavy atom. The van der Waals surface area contributed by atoms with Gasteiger partial charge in [0.25, 0.3) is 5.91 Å². The zero-order valence-corrected chi connectivity index (χ0v) is 20.4. The largest absolute Gasteiger partial charge is 0.497 e. The first kappa shape index (κ1) is 25.4. The van der Waals surface area contributed by atoms with E-state index in [0.717, 1.165) is 10.0 Å². The number of rotatable bonds is 9. The summed E-state index contributed by atoms with van der Waals surface area (Å²) in [5.74, 6) is -1.02. The number of amides is 3. The van der Waals surface area contributed by atoms with Crippen LogP contribution in [0.1, 0.15) is 11.1 Å². The number of benzene rings is 3. The van der Waals surface area contributed by atoms with E-state index >= 15 is 0 Å². The molecule has 0 aromatic heterocycles. The Morgan fingerprint density at radius 2 is 1.71 bits per heavy atom. The molecule has 0 radical (unpaired) electrons. The van der Waals surface area contributed by atoms with Crippen molar-refractivity contribution in [1.29, 1.82) is 0 Å². The van der Waals surface area contributed by atoms with E-state index in [1.54, 1.807) is 61.7 Å². The van der Waals surface area contributed by atoms with Crippen molar-refractivity contribution in [2.45, 2.75) is 6.54 Å². The number of hydrazone groups is 1. The molecular weight excluding hydrogens is 516 g/mol. The molecular formula is C25H23BrN4O5. The molecule has 3 aromatic rings. The van der Waals surface area contributed by atoms with Gasteiger partial charge in [0.05, 0.1) is 13.3 Å². The maximum absolute atomic E-state index is 12.2. The molecule has 0 fully saturated rings. The molecule has 0 unspecified atom stereocenters. The molecule has 35 heavy (non-hydrogen) atoms. The van der Waals surface area contributed by atoms with Crippen molar-refractivity contribution in [3.8, 4) is 11.5 Å². The van der Waals surface area contributed by atoms with Crippen LogP contribution in [-0.2, 0) is 20.9 Å². The molecule has 0 aliphatic heterocycles. The number of nitrogens with zero attached hydrogens (tertiary/aromatic N) is 1. The van der Waals surface area contributed by atoms with E-state index < -0.39 is 11.8 Å². The fourth-order valence-electron chi connectivity index (χ4n) is 2.83. The van der Waals surface area contributed by atoms with E-state index in [1.807, 2.05) is 18.2 Å². The molecule has 3 aromatic carbocycles. The average molecular weight is 539 g/mol. The summed E-state index contributed by atoms with van der Waals surface area (Å²) >= 11 is 3.36. The van der Waals surface area contributed by atoms with Gasteiger partial charge in [-0.15, -0.1) is 0 Å². The molecule has 10 heteroatoms. The molecule has 3 rings (SSSR count). The first-order valence-corrected chi connectivity index (χ1v) is 11.3. The zero-order chi connectivity index (χ0) is 25.0. The maximum Gasteiger partial charge on any atom is 0.329 e. The number of methoxy groups -OCH3 is 1. The number of carbonyl (C=O) groups is 3. The van der Waals surface area contributed by atoms with Gasteiger partial charge in [0.1, 0.15) is 11.5 Å². The van der Waals surface area contributed by atoms with Gasteiger partial charge in [0, 0.05) is 22.3 Å². The van der Waals surface area contributed by atoms with Gasteiger partial charge in [0.2, 0.25) is 0 Å². The predicted octanol–water partition coefficient (Wildman–Crippen LogP) is 3.24. The Balaban J connectivity index is 1.51. The van der Waals surface area contributed by atoms with Gasteiger partial charge in [-0.1, -0.05) is 46.3 Å². The van der Waals surface area contributed by atoms with Gasteiger partial charge in [-0.05, 0) is 48.0 Å². The summed E-state index contributed by atoms with van der Waals surface area (Å²) in [5.41, 5.74) is 4.14. The molecule has 0 bridgehead atoms. The van der Waals surface area contributed by atoms with Crippen molar-refractivity contribution in [1.82, 2.24) is 10.7 Å². The molecule has 0 aliphatic carbocycles. The van der Waals surface area contributed by atoms with Crippen LogP contribution in [0.25, 0.3) is 0 Å². The van der Waals surface area contributed by atoms with Crippen LogP contribution in [0.4, 0.5) is 5.69 Å². The van der Waals surface area contributed by atoms with Crippen LogP contribution in [0, 0.1) is 0 Å². The number of nitrogens with one attached hydrogen (secondary N) is 3.